The maximum Gasteiger partial charge on any atom is 0.220 e. The predicted octanol–water partition coefficient (Wildman–Crippen LogP) is 4.11. The number of carbonyl (C=O) groups excluding carboxylic acids is 1. The Kier molecular flexibility index (Phi) is 8.66. The van der Waals surface area contributed by atoms with Gasteiger partial charge in [-0.15, -0.1) is 0 Å². The first-order valence-corrected chi connectivity index (χ1v) is 12.5. The number of hydrogen-bond donors (Lipinski definition) is 2. The molecule has 2 heterocycles. The Labute approximate surface area is 207 Å². The minimum atomic E-state index is -0.116. The molecule has 0 spiro atoms. The van der Waals surface area contributed by atoms with Crippen LogP contribution in [0, 0.1) is 0 Å². The van der Waals surface area contributed by atoms with Gasteiger partial charge in [0.25, 0.3) is 0 Å². The van der Waals surface area contributed by atoms with Crippen LogP contribution in [0.4, 0.5) is 0 Å². The quantitative estimate of drug-likeness (QED) is 0.405. The van der Waals surface area contributed by atoms with E-state index in [0.29, 0.717) is 24.5 Å². The first-order valence-electron chi connectivity index (χ1n) is 12.5. The van der Waals surface area contributed by atoms with Crippen molar-refractivity contribution in [3.05, 3.63) is 59.3 Å². The van der Waals surface area contributed by atoms with Crippen molar-refractivity contribution in [3.8, 4) is 11.5 Å². The maximum absolute atomic E-state index is 13.1. The fourth-order valence-corrected chi connectivity index (χ4v) is 4.91. The molecule has 7 heteroatoms. The lowest BCUT2D eigenvalue weighted by Crippen LogP contribution is -2.38. The number of nitrogens with zero attached hydrogens (tertiary/aromatic N) is 1. The number of rotatable bonds is 11. The molecule has 1 fully saturated rings. The van der Waals surface area contributed by atoms with Crippen LogP contribution in [0.25, 0.3) is 10.9 Å². The van der Waals surface area contributed by atoms with Gasteiger partial charge in [0, 0.05) is 49.1 Å². The Morgan fingerprint density at radius 1 is 1.14 bits per heavy atom. The molecule has 4 rings (SSSR count). The molecule has 1 aliphatic rings. The molecule has 3 aromatic rings. The second-order valence-electron chi connectivity index (χ2n) is 8.97. The molecule has 0 aliphatic carbocycles. The minimum absolute atomic E-state index is 0.0489. The number of methoxy groups -OCH3 is 2. The fraction of sp³-hybridized carbons (Fsp3) is 0.464. The molecule has 1 atom stereocenters. The van der Waals surface area contributed by atoms with E-state index >= 15 is 0 Å². The lowest BCUT2D eigenvalue weighted by Gasteiger charge is -2.26. The molecule has 1 amide bonds. The molecule has 0 saturated carbocycles. The number of aromatic amines is 1. The molecular weight excluding hydrogens is 442 g/mol. The number of aromatic nitrogens is 1. The van der Waals surface area contributed by atoms with Crippen molar-refractivity contribution in [2.45, 2.75) is 32.1 Å². The summed E-state index contributed by atoms with van der Waals surface area (Å²) in [6, 6.07) is 12.3. The highest BCUT2D eigenvalue weighted by Gasteiger charge is 2.23. The van der Waals surface area contributed by atoms with Crippen LogP contribution in [-0.2, 0) is 16.0 Å². The van der Waals surface area contributed by atoms with Gasteiger partial charge in [0.15, 0.2) is 11.5 Å². The molecule has 0 radical (unpaired) electrons. The van der Waals surface area contributed by atoms with E-state index in [9.17, 15) is 4.79 Å². The topological polar surface area (TPSA) is 75.8 Å². The number of carbonyl (C=O) groups is 1. The monoisotopic (exact) mass is 479 g/mol. The SMILES string of the molecule is CCc1cccc2c([C@H](CC(=O)NCCCN3CCOCC3)c3ccc(OC)c(OC)c3)c[nH]c12. The van der Waals surface area contributed by atoms with Crippen molar-refractivity contribution >= 4 is 16.8 Å². The van der Waals surface area contributed by atoms with E-state index in [0.717, 1.165) is 67.7 Å². The lowest BCUT2D eigenvalue weighted by molar-refractivity contribution is -0.121. The lowest BCUT2D eigenvalue weighted by atomic mass is 9.87. The second-order valence-corrected chi connectivity index (χ2v) is 8.97. The number of hydrogen-bond acceptors (Lipinski definition) is 5. The van der Waals surface area contributed by atoms with Gasteiger partial charge < -0.3 is 24.5 Å². The number of amides is 1. The van der Waals surface area contributed by atoms with Crippen LogP contribution in [0.15, 0.2) is 42.6 Å². The highest BCUT2D eigenvalue weighted by atomic mass is 16.5. The molecule has 0 unspecified atom stereocenters. The Morgan fingerprint density at radius 3 is 2.69 bits per heavy atom. The molecule has 7 nitrogen and oxygen atoms in total. The molecule has 35 heavy (non-hydrogen) atoms. The summed E-state index contributed by atoms with van der Waals surface area (Å²) < 4.78 is 16.4. The standard InChI is InChI=1S/C28H37N3O4/c1-4-20-7-5-8-22-24(19-30-28(20)22)23(21-9-10-25(33-2)26(17-21)34-3)18-27(32)29-11-6-12-31-13-15-35-16-14-31/h5,7-10,17,19,23,30H,4,6,11-16,18H2,1-3H3,(H,29,32)/t23-/m1/s1. The Hall–Kier alpha value is -3.03. The van der Waals surface area contributed by atoms with E-state index in [1.54, 1.807) is 14.2 Å². The van der Waals surface area contributed by atoms with Crippen LogP contribution in [0.2, 0.25) is 0 Å². The second kappa shape index (κ2) is 12.1. The number of ether oxygens (including phenoxy) is 3. The van der Waals surface area contributed by atoms with Crippen LogP contribution < -0.4 is 14.8 Å². The van der Waals surface area contributed by atoms with Gasteiger partial charge in [0.2, 0.25) is 5.91 Å². The Bertz CT molecular complexity index is 1120. The van der Waals surface area contributed by atoms with Gasteiger partial charge in [0.1, 0.15) is 0 Å². The number of nitrogens with one attached hydrogen (secondary N) is 2. The summed E-state index contributed by atoms with van der Waals surface area (Å²) in [6.45, 7) is 7.33. The number of H-pyrrole nitrogens is 1. The van der Waals surface area contributed by atoms with Crippen LogP contribution >= 0.6 is 0 Å². The molecule has 1 aromatic heterocycles. The van der Waals surface area contributed by atoms with Crippen LogP contribution in [-0.4, -0.2) is 69.4 Å². The molecule has 0 bridgehead atoms. The molecule has 2 aromatic carbocycles. The van der Waals surface area contributed by atoms with Gasteiger partial charge in [-0.1, -0.05) is 31.2 Å². The normalized spacial score (nSPS) is 15.2. The van der Waals surface area contributed by atoms with Crippen molar-refractivity contribution in [1.29, 1.82) is 0 Å². The van der Waals surface area contributed by atoms with E-state index in [1.807, 2.05) is 18.2 Å². The van der Waals surface area contributed by atoms with Gasteiger partial charge >= 0.3 is 0 Å². The van der Waals surface area contributed by atoms with Gasteiger partial charge in [-0.05, 0) is 48.2 Å². The zero-order chi connectivity index (χ0) is 24.6. The Balaban J connectivity index is 1.54. The summed E-state index contributed by atoms with van der Waals surface area (Å²) in [7, 11) is 3.27. The highest BCUT2D eigenvalue weighted by molar-refractivity contribution is 5.88. The van der Waals surface area contributed by atoms with E-state index in [-0.39, 0.29) is 11.8 Å². The van der Waals surface area contributed by atoms with Crippen LogP contribution in [0.5, 0.6) is 11.5 Å². The zero-order valence-electron chi connectivity index (χ0n) is 21.1. The zero-order valence-corrected chi connectivity index (χ0v) is 21.1. The summed E-state index contributed by atoms with van der Waals surface area (Å²) in [5.74, 6) is 1.27. The average Bonchev–Trinajstić information content (AvgIpc) is 3.34. The number of aryl methyl sites for hydroxylation is 1. The first kappa shape index (κ1) is 25.1. The van der Waals surface area contributed by atoms with Crippen molar-refractivity contribution in [2.24, 2.45) is 0 Å². The number of fused-ring (bicyclic) bond motifs is 1. The van der Waals surface area contributed by atoms with Crippen molar-refractivity contribution in [1.82, 2.24) is 15.2 Å². The molecule has 1 aliphatic heterocycles. The van der Waals surface area contributed by atoms with Gasteiger partial charge in [0.05, 0.1) is 27.4 Å². The third-order valence-electron chi connectivity index (χ3n) is 6.87. The molecule has 2 N–H and O–H groups in total. The van der Waals surface area contributed by atoms with Gasteiger partial charge in [-0.3, -0.25) is 9.69 Å². The maximum atomic E-state index is 13.1. The van der Waals surface area contributed by atoms with Crippen LogP contribution in [0.3, 0.4) is 0 Å². The van der Waals surface area contributed by atoms with Gasteiger partial charge in [-0.25, -0.2) is 0 Å². The van der Waals surface area contributed by atoms with E-state index < -0.39 is 0 Å². The third kappa shape index (κ3) is 5.97. The van der Waals surface area contributed by atoms with Crippen LogP contribution in [0.1, 0.15) is 42.4 Å². The number of benzene rings is 2. The van der Waals surface area contributed by atoms with E-state index in [4.69, 9.17) is 14.2 Å². The summed E-state index contributed by atoms with van der Waals surface area (Å²) >= 11 is 0. The van der Waals surface area contributed by atoms with Crippen molar-refractivity contribution in [2.75, 3.05) is 53.6 Å². The van der Waals surface area contributed by atoms with Crippen molar-refractivity contribution < 1.29 is 19.0 Å². The van der Waals surface area contributed by atoms with E-state index in [2.05, 4.69) is 46.5 Å². The minimum Gasteiger partial charge on any atom is -0.493 e. The molecule has 1 saturated heterocycles. The fourth-order valence-electron chi connectivity index (χ4n) is 4.91. The summed E-state index contributed by atoms with van der Waals surface area (Å²) in [4.78, 5) is 19.0. The molecule has 188 valence electrons. The number of para-hydroxylation sites is 1. The highest BCUT2D eigenvalue weighted by Crippen LogP contribution is 2.38. The predicted molar refractivity (Wildman–Crippen MR) is 139 cm³/mol. The summed E-state index contributed by atoms with van der Waals surface area (Å²) in [6.07, 6.45) is 4.29. The molecular formula is C28H37N3O4. The third-order valence-corrected chi connectivity index (χ3v) is 6.87. The first-order chi connectivity index (χ1) is 17.1. The summed E-state index contributed by atoms with van der Waals surface area (Å²) in [5, 5.41) is 4.30. The van der Waals surface area contributed by atoms with Gasteiger partial charge in [-0.2, -0.15) is 0 Å². The number of morpholine rings is 1. The largest absolute Gasteiger partial charge is 0.493 e. The van der Waals surface area contributed by atoms with Crippen molar-refractivity contribution in [3.63, 3.8) is 0 Å². The summed E-state index contributed by atoms with van der Waals surface area (Å²) in [5.41, 5.74) is 4.55. The van der Waals surface area contributed by atoms with E-state index in [1.165, 1.54) is 5.56 Å². The smallest absolute Gasteiger partial charge is 0.220 e. The Morgan fingerprint density at radius 2 is 1.94 bits per heavy atom. The average molecular weight is 480 g/mol.